The molecule has 0 unspecified atom stereocenters. The van der Waals surface area contributed by atoms with Gasteiger partial charge in [-0.25, -0.2) is 0 Å². The number of nitrogens with zero attached hydrogens (tertiary/aromatic N) is 3. The Kier molecular flexibility index (Phi) is 3.16. The van der Waals surface area contributed by atoms with Gasteiger partial charge in [-0.3, -0.25) is 0 Å². The highest BCUT2D eigenvalue weighted by atomic mass is 32.2. The van der Waals surface area contributed by atoms with Crippen molar-refractivity contribution in [2.45, 2.75) is 30.7 Å². The molecule has 0 aliphatic carbocycles. The molecule has 2 aromatic heterocycles. The van der Waals surface area contributed by atoms with Crippen LogP contribution < -0.4 is 0 Å². The van der Waals surface area contributed by atoms with E-state index in [4.69, 9.17) is 9.68 Å². The van der Waals surface area contributed by atoms with Gasteiger partial charge in [0.25, 0.3) is 0 Å². The van der Waals surface area contributed by atoms with Crippen LogP contribution in [0.5, 0.6) is 0 Å². The summed E-state index contributed by atoms with van der Waals surface area (Å²) in [6, 6.07) is 4.04. The molecule has 0 amide bonds. The Bertz CT molecular complexity index is 598. The molecule has 0 saturated heterocycles. The van der Waals surface area contributed by atoms with Crippen LogP contribution in [0.15, 0.2) is 26.7 Å². The quantitative estimate of drug-likeness (QED) is 0.813. The molecule has 2 heterocycles. The molecular formula is C12H11N3OS. The predicted molar refractivity (Wildman–Crippen MR) is 63.8 cm³/mol. The minimum atomic E-state index is 0.586. The highest BCUT2D eigenvalue weighted by molar-refractivity contribution is 7.99. The Morgan fingerprint density at radius 3 is 2.65 bits per heavy atom. The Labute approximate surface area is 104 Å². The third-order valence-electron chi connectivity index (χ3n) is 2.55. The molecule has 0 aliphatic rings. The van der Waals surface area contributed by atoms with Crippen molar-refractivity contribution in [2.24, 2.45) is 0 Å². The van der Waals surface area contributed by atoms with Gasteiger partial charge in [0.1, 0.15) is 16.9 Å². The summed E-state index contributed by atoms with van der Waals surface area (Å²) in [5, 5.41) is 17.9. The molecule has 2 aromatic rings. The summed E-state index contributed by atoms with van der Waals surface area (Å²) in [4.78, 5) is 0.957. The van der Waals surface area contributed by atoms with E-state index >= 15 is 0 Å². The number of rotatable bonds is 2. The van der Waals surface area contributed by atoms with Gasteiger partial charge >= 0.3 is 0 Å². The van der Waals surface area contributed by atoms with Crippen molar-refractivity contribution >= 4 is 11.8 Å². The molecule has 86 valence electrons. The summed E-state index contributed by atoms with van der Waals surface area (Å²) in [6.07, 6.45) is 1.62. The fourth-order valence-corrected chi connectivity index (χ4v) is 2.28. The minimum Gasteiger partial charge on any atom is -0.468 e. The fraction of sp³-hybridized carbons (Fsp3) is 0.250. The van der Waals surface area contributed by atoms with Crippen LogP contribution in [0.2, 0.25) is 0 Å². The van der Waals surface area contributed by atoms with Crippen molar-refractivity contribution in [3.8, 4) is 6.07 Å². The van der Waals surface area contributed by atoms with Gasteiger partial charge in [-0.05, 0) is 32.4 Å². The first-order valence-electron chi connectivity index (χ1n) is 5.09. The maximum Gasteiger partial charge on any atom is 0.142 e. The van der Waals surface area contributed by atoms with Gasteiger partial charge in [0.2, 0.25) is 0 Å². The molecule has 4 nitrogen and oxygen atoms in total. The van der Waals surface area contributed by atoms with Gasteiger partial charge in [0.15, 0.2) is 0 Å². The Morgan fingerprint density at radius 2 is 2.06 bits per heavy atom. The molecule has 0 bridgehead atoms. The van der Waals surface area contributed by atoms with Gasteiger partial charge in [-0.2, -0.15) is 10.4 Å². The molecule has 0 N–H and O–H groups in total. The van der Waals surface area contributed by atoms with E-state index in [0.29, 0.717) is 10.6 Å². The van der Waals surface area contributed by atoms with Crippen molar-refractivity contribution < 1.29 is 4.42 Å². The molecule has 0 saturated carbocycles. The van der Waals surface area contributed by atoms with Crippen molar-refractivity contribution in [3.05, 3.63) is 34.9 Å². The molecule has 0 radical (unpaired) electrons. The summed E-state index contributed by atoms with van der Waals surface area (Å²) in [5.41, 5.74) is 2.25. The average molecular weight is 245 g/mol. The van der Waals surface area contributed by atoms with Crippen molar-refractivity contribution in [1.82, 2.24) is 10.2 Å². The van der Waals surface area contributed by atoms with Crippen LogP contribution in [0.25, 0.3) is 0 Å². The lowest BCUT2D eigenvalue weighted by Crippen LogP contribution is -1.98. The van der Waals surface area contributed by atoms with E-state index in [-0.39, 0.29) is 0 Å². The predicted octanol–water partition coefficient (Wildman–Crippen LogP) is 3.02. The van der Waals surface area contributed by atoms with Crippen molar-refractivity contribution in [1.29, 1.82) is 5.26 Å². The first kappa shape index (κ1) is 11.7. The zero-order valence-corrected chi connectivity index (χ0v) is 10.6. The summed E-state index contributed by atoms with van der Waals surface area (Å²) in [7, 11) is 0. The second-order valence-corrected chi connectivity index (χ2v) is 4.68. The fourth-order valence-electron chi connectivity index (χ4n) is 1.37. The monoisotopic (exact) mass is 245 g/mol. The Morgan fingerprint density at radius 1 is 1.29 bits per heavy atom. The number of hydrogen-bond donors (Lipinski definition) is 0. The lowest BCUT2D eigenvalue weighted by molar-refractivity contribution is 0.527. The van der Waals surface area contributed by atoms with Gasteiger partial charge in [0.05, 0.1) is 22.4 Å². The number of aromatic nitrogens is 2. The first-order chi connectivity index (χ1) is 8.13. The van der Waals surface area contributed by atoms with E-state index in [0.717, 1.165) is 21.9 Å². The molecule has 5 heteroatoms. The molecule has 17 heavy (non-hydrogen) atoms. The second kappa shape index (κ2) is 4.60. The molecule has 0 spiro atoms. The SMILES string of the molecule is Cc1nnc(Sc2ccoc2C)c(C#N)c1C. The number of nitriles is 1. The van der Waals surface area contributed by atoms with E-state index in [2.05, 4.69) is 16.3 Å². The van der Waals surface area contributed by atoms with Crippen LogP contribution in [0.4, 0.5) is 0 Å². The third-order valence-corrected chi connectivity index (χ3v) is 3.67. The van der Waals surface area contributed by atoms with Gasteiger partial charge in [-0.1, -0.05) is 11.8 Å². The standard InChI is InChI=1S/C12H11N3OS/c1-7-8(2)14-15-12(10(7)6-13)17-11-4-5-16-9(11)3/h4-5H,1-3H3. The normalized spacial score (nSPS) is 10.2. The van der Waals surface area contributed by atoms with Gasteiger partial charge in [0, 0.05) is 0 Å². The number of aryl methyl sites for hydroxylation is 2. The van der Waals surface area contributed by atoms with Crippen LogP contribution in [-0.4, -0.2) is 10.2 Å². The van der Waals surface area contributed by atoms with E-state index in [9.17, 15) is 0 Å². The van der Waals surface area contributed by atoms with E-state index in [1.165, 1.54) is 11.8 Å². The average Bonchev–Trinajstić information content (AvgIpc) is 2.70. The highest BCUT2D eigenvalue weighted by Crippen LogP contribution is 2.32. The maximum absolute atomic E-state index is 9.17. The molecule has 0 aliphatic heterocycles. The largest absolute Gasteiger partial charge is 0.468 e. The van der Waals surface area contributed by atoms with Gasteiger partial charge < -0.3 is 4.42 Å². The van der Waals surface area contributed by atoms with E-state index < -0.39 is 0 Å². The van der Waals surface area contributed by atoms with E-state index in [1.807, 2.05) is 26.8 Å². The number of hydrogen-bond acceptors (Lipinski definition) is 5. The summed E-state index contributed by atoms with van der Waals surface area (Å²) < 4.78 is 5.21. The number of furan rings is 1. The van der Waals surface area contributed by atoms with Crippen LogP contribution in [0.3, 0.4) is 0 Å². The Hall–Kier alpha value is -1.80. The summed E-state index contributed by atoms with van der Waals surface area (Å²) in [5.74, 6) is 0.818. The molecule has 0 aromatic carbocycles. The summed E-state index contributed by atoms with van der Waals surface area (Å²) >= 11 is 1.41. The zero-order chi connectivity index (χ0) is 12.4. The molecule has 0 fully saturated rings. The Balaban J connectivity index is 2.44. The van der Waals surface area contributed by atoms with E-state index in [1.54, 1.807) is 6.26 Å². The maximum atomic E-state index is 9.17. The second-order valence-electron chi connectivity index (χ2n) is 3.65. The van der Waals surface area contributed by atoms with Gasteiger partial charge in [-0.15, -0.1) is 5.10 Å². The third kappa shape index (κ3) is 2.17. The van der Waals surface area contributed by atoms with Crippen LogP contribution in [0, 0.1) is 32.1 Å². The molecular weight excluding hydrogens is 234 g/mol. The summed E-state index contributed by atoms with van der Waals surface area (Å²) in [6.45, 7) is 5.61. The van der Waals surface area contributed by atoms with Crippen molar-refractivity contribution in [3.63, 3.8) is 0 Å². The molecule has 2 rings (SSSR count). The molecule has 0 atom stereocenters. The zero-order valence-electron chi connectivity index (χ0n) is 9.81. The van der Waals surface area contributed by atoms with Crippen LogP contribution >= 0.6 is 11.8 Å². The lowest BCUT2D eigenvalue weighted by atomic mass is 10.1. The van der Waals surface area contributed by atoms with Crippen LogP contribution in [0.1, 0.15) is 22.6 Å². The first-order valence-corrected chi connectivity index (χ1v) is 5.91. The topological polar surface area (TPSA) is 62.7 Å². The van der Waals surface area contributed by atoms with Crippen LogP contribution in [-0.2, 0) is 0 Å². The smallest absolute Gasteiger partial charge is 0.142 e. The van der Waals surface area contributed by atoms with Crippen molar-refractivity contribution in [2.75, 3.05) is 0 Å². The lowest BCUT2D eigenvalue weighted by Gasteiger charge is -2.05. The highest BCUT2D eigenvalue weighted by Gasteiger charge is 2.13. The minimum absolute atomic E-state index is 0.586.